The van der Waals surface area contributed by atoms with Gasteiger partial charge in [-0.25, -0.2) is 0 Å². The molecule has 0 aromatic carbocycles. The number of rotatable bonds is 3. The fraction of sp³-hybridized carbons (Fsp3) is 0.636. The van der Waals surface area contributed by atoms with E-state index >= 15 is 0 Å². The summed E-state index contributed by atoms with van der Waals surface area (Å²) in [6, 6.07) is 0. The molecule has 0 aliphatic carbocycles. The number of hydrogen-bond donors (Lipinski definition) is 0. The Labute approximate surface area is 131 Å². The molecule has 138 valence electrons. The van der Waals surface area contributed by atoms with E-state index in [1.54, 1.807) is 0 Å². The van der Waals surface area contributed by atoms with Gasteiger partial charge in [0.2, 0.25) is 0 Å². The molecule has 1 aliphatic rings. The van der Waals surface area contributed by atoms with Crippen LogP contribution in [0.5, 0.6) is 11.5 Å². The van der Waals surface area contributed by atoms with Crippen LogP contribution in [0.25, 0.3) is 0 Å². The molecule has 0 fully saturated rings. The summed E-state index contributed by atoms with van der Waals surface area (Å²) in [5, 5.41) is 2.77. The van der Waals surface area contributed by atoms with Gasteiger partial charge in [-0.1, -0.05) is 0 Å². The van der Waals surface area contributed by atoms with Gasteiger partial charge in [0.05, 0.1) is 6.61 Å². The van der Waals surface area contributed by atoms with Gasteiger partial charge in [0.15, 0.2) is 17.6 Å². The van der Waals surface area contributed by atoms with Gasteiger partial charge >= 0.3 is 24.1 Å². The summed E-state index contributed by atoms with van der Waals surface area (Å²) in [6.07, 6.45) is -21.9. The first-order valence-corrected chi connectivity index (χ1v) is 6.93. The van der Waals surface area contributed by atoms with Gasteiger partial charge in [-0.3, -0.25) is 0 Å². The van der Waals surface area contributed by atoms with E-state index in [0.29, 0.717) is 0 Å². The van der Waals surface area contributed by atoms with E-state index in [1.807, 2.05) is 0 Å². The van der Waals surface area contributed by atoms with Gasteiger partial charge in [-0.2, -0.15) is 39.5 Å². The molecule has 13 heteroatoms. The third-order valence-corrected chi connectivity index (χ3v) is 3.70. The lowest BCUT2D eigenvalue weighted by atomic mass is 10.0. The molecule has 0 radical (unpaired) electrons. The van der Waals surface area contributed by atoms with Crippen LogP contribution in [0.2, 0.25) is 0 Å². The van der Waals surface area contributed by atoms with Crippen molar-refractivity contribution >= 4 is 11.3 Å². The van der Waals surface area contributed by atoms with E-state index in [0.717, 1.165) is 11.3 Å². The highest BCUT2D eigenvalue weighted by Crippen LogP contribution is 2.55. The molecule has 0 saturated carbocycles. The van der Waals surface area contributed by atoms with Gasteiger partial charge in [-0.05, 0) is 0 Å². The van der Waals surface area contributed by atoms with E-state index < -0.39 is 43.4 Å². The molecule has 0 bridgehead atoms. The van der Waals surface area contributed by atoms with Crippen LogP contribution < -0.4 is 9.47 Å². The van der Waals surface area contributed by atoms with E-state index in [4.69, 9.17) is 9.47 Å². The highest BCUT2D eigenvalue weighted by atomic mass is 32.1. The third kappa shape index (κ3) is 3.10. The molecule has 1 aliphatic heterocycles. The highest BCUT2D eigenvalue weighted by Gasteiger charge is 2.85. The monoisotopic (exact) mass is 390 g/mol. The minimum atomic E-state index is -6.77. The Bertz CT molecular complexity index is 538. The second-order valence-electron chi connectivity index (χ2n) is 4.64. The summed E-state index contributed by atoms with van der Waals surface area (Å²) in [5.41, 5.74) is -6.31. The molecule has 0 N–H and O–H groups in total. The molecule has 3 nitrogen and oxygen atoms in total. The molecular weight excluding hydrogens is 383 g/mol. The SMILES string of the molecule is FC(F)(F)C(OCC1COc2cscc2O1)(C(F)(F)F)C(F)(F)F. The van der Waals surface area contributed by atoms with Crippen molar-refractivity contribution in [2.45, 2.75) is 30.2 Å². The quantitative estimate of drug-likeness (QED) is 0.720. The lowest BCUT2D eigenvalue weighted by molar-refractivity contribution is -0.458. The van der Waals surface area contributed by atoms with Crippen molar-refractivity contribution in [1.82, 2.24) is 0 Å². The van der Waals surface area contributed by atoms with Crippen LogP contribution in [0.1, 0.15) is 0 Å². The normalized spacial score (nSPS) is 19.5. The van der Waals surface area contributed by atoms with Gasteiger partial charge in [0.1, 0.15) is 6.61 Å². The number of ether oxygens (including phenoxy) is 3. The van der Waals surface area contributed by atoms with Gasteiger partial charge in [0.25, 0.3) is 0 Å². The van der Waals surface area contributed by atoms with Gasteiger partial charge in [-0.15, -0.1) is 11.3 Å². The fourth-order valence-corrected chi connectivity index (χ4v) is 2.56. The van der Waals surface area contributed by atoms with Crippen molar-refractivity contribution in [3.8, 4) is 11.5 Å². The Kier molecular flexibility index (Phi) is 4.63. The maximum absolute atomic E-state index is 12.7. The summed E-state index contributed by atoms with van der Waals surface area (Å²) in [6.45, 7) is -2.19. The van der Waals surface area contributed by atoms with Crippen LogP contribution in [0.3, 0.4) is 0 Å². The van der Waals surface area contributed by atoms with E-state index in [2.05, 4.69) is 4.74 Å². The van der Waals surface area contributed by atoms with Crippen molar-refractivity contribution in [2.75, 3.05) is 13.2 Å². The molecule has 1 aromatic rings. The van der Waals surface area contributed by atoms with Crippen LogP contribution in [-0.2, 0) is 4.74 Å². The van der Waals surface area contributed by atoms with Gasteiger partial charge in [0, 0.05) is 10.8 Å². The zero-order valence-corrected chi connectivity index (χ0v) is 12.0. The summed E-state index contributed by atoms with van der Waals surface area (Å²) < 4.78 is 127. The summed E-state index contributed by atoms with van der Waals surface area (Å²) in [4.78, 5) is 0. The predicted molar refractivity (Wildman–Crippen MR) is 61.1 cm³/mol. The van der Waals surface area contributed by atoms with Crippen LogP contribution in [0.4, 0.5) is 39.5 Å². The Morgan fingerprint density at radius 3 is 1.92 bits per heavy atom. The average Bonchev–Trinajstić information content (AvgIpc) is 2.81. The molecule has 1 aromatic heterocycles. The average molecular weight is 390 g/mol. The highest BCUT2D eigenvalue weighted by molar-refractivity contribution is 7.08. The lowest BCUT2D eigenvalue weighted by Crippen LogP contribution is -2.68. The first kappa shape index (κ1) is 19.0. The van der Waals surface area contributed by atoms with Crippen LogP contribution in [0, 0.1) is 0 Å². The Balaban J connectivity index is 2.24. The van der Waals surface area contributed by atoms with Crippen molar-refractivity contribution in [3.05, 3.63) is 10.8 Å². The maximum atomic E-state index is 12.7. The summed E-state index contributed by atoms with van der Waals surface area (Å²) >= 11 is 1.06. The van der Waals surface area contributed by atoms with Gasteiger partial charge < -0.3 is 14.2 Å². The first-order valence-electron chi connectivity index (χ1n) is 5.99. The minimum Gasteiger partial charge on any atom is -0.485 e. The van der Waals surface area contributed by atoms with Crippen LogP contribution >= 0.6 is 11.3 Å². The molecule has 24 heavy (non-hydrogen) atoms. The molecule has 0 saturated heterocycles. The number of thiophene rings is 1. The van der Waals surface area contributed by atoms with E-state index in [1.165, 1.54) is 10.8 Å². The fourth-order valence-electron chi connectivity index (χ4n) is 1.89. The van der Waals surface area contributed by atoms with E-state index in [-0.39, 0.29) is 11.5 Å². The number of halogens is 9. The number of hydrogen-bond acceptors (Lipinski definition) is 4. The van der Waals surface area contributed by atoms with E-state index in [9.17, 15) is 39.5 Å². The number of alkyl halides is 9. The summed E-state index contributed by atoms with van der Waals surface area (Å²) in [7, 11) is 0. The lowest BCUT2D eigenvalue weighted by Gasteiger charge is -2.39. The van der Waals surface area contributed by atoms with Crippen molar-refractivity contribution < 1.29 is 53.7 Å². The molecule has 0 amide bonds. The number of fused-ring (bicyclic) bond motifs is 1. The smallest absolute Gasteiger partial charge is 0.435 e. The van der Waals surface area contributed by atoms with Crippen LogP contribution in [0.15, 0.2) is 10.8 Å². The van der Waals surface area contributed by atoms with Crippen molar-refractivity contribution in [1.29, 1.82) is 0 Å². The second kappa shape index (κ2) is 5.86. The standard InChI is InChI=1S/C11H7F9O3S/c12-9(13,14)8(10(15,16)17,11(18,19)20)22-2-5-1-21-6-3-24-4-7(6)23-5/h3-5H,1-2H2. The Hall–Kier alpha value is -1.37. The Morgan fingerprint density at radius 2 is 1.42 bits per heavy atom. The second-order valence-corrected chi connectivity index (χ2v) is 5.38. The molecule has 1 atom stereocenters. The van der Waals surface area contributed by atoms with Crippen molar-refractivity contribution in [2.24, 2.45) is 0 Å². The predicted octanol–water partition coefficient (Wildman–Crippen LogP) is 4.33. The maximum Gasteiger partial charge on any atom is 0.435 e. The largest absolute Gasteiger partial charge is 0.485 e. The third-order valence-electron chi connectivity index (χ3n) is 2.99. The molecule has 0 spiro atoms. The topological polar surface area (TPSA) is 27.7 Å². The molecular formula is C11H7F9O3S. The van der Waals surface area contributed by atoms with Crippen LogP contribution in [-0.4, -0.2) is 43.4 Å². The minimum absolute atomic E-state index is 0.00326. The first-order chi connectivity index (χ1) is 10.8. The molecule has 2 rings (SSSR count). The molecule has 1 unspecified atom stereocenters. The zero-order valence-electron chi connectivity index (χ0n) is 11.2. The summed E-state index contributed by atoms with van der Waals surface area (Å²) in [5.74, 6) is 0.182. The zero-order chi connectivity index (χ0) is 18.4. The molecule has 2 heterocycles. The van der Waals surface area contributed by atoms with Crippen molar-refractivity contribution in [3.63, 3.8) is 0 Å². The Morgan fingerprint density at radius 1 is 0.917 bits per heavy atom.